The molecule has 13 atom stereocenters. The Morgan fingerprint density at radius 3 is 2.35 bits per heavy atom. The van der Waals surface area contributed by atoms with Gasteiger partial charge in [0.15, 0.2) is 12.1 Å². The van der Waals surface area contributed by atoms with Crippen molar-refractivity contribution >= 4 is 29.4 Å². The highest BCUT2D eigenvalue weighted by Crippen LogP contribution is 2.40. The van der Waals surface area contributed by atoms with E-state index in [0.717, 1.165) is 11.1 Å². The normalized spacial score (nSPS) is 38.9. The number of hydrogen-bond acceptors (Lipinski definition) is 12. The minimum absolute atomic E-state index is 0.0152. The number of carbonyl (C=O) groups excluding carboxylic acids is 3. The van der Waals surface area contributed by atoms with Crippen LogP contribution in [0.25, 0.3) is 6.08 Å². The Hall–Kier alpha value is -3.30. The van der Waals surface area contributed by atoms with Gasteiger partial charge in [0, 0.05) is 43.3 Å². The zero-order valence-corrected chi connectivity index (χ0v) is 35.8. The number of hydrogen-bond donors (Lipinski definition) is 3. The number of amides is 1. The summed E-state index contributed by atoms with van der Waals surface area (Å²) in [5, 5.41) is 27.4. The van der Waals surface area contributed by atoms with Crippen molar-refractivity contribution in [3.8, 4) is 0 Å². The molecule has 3 heterocycles. The van der Waals surface area contributed by atoms with Gasteiger partial charge < -0.3 is 44.1 Å². The zero-order valence-electron chi connectivity index (χ0n) is 35.8. The number of aliphatic imine (C=N–C) groups is 1. The van der Waals surface area contributed by atoms with E-state index >= 15 is 0 Å². The molecule has 3 N–H and O–H groups in total. The number of likely N-dealkylation sites (N-methyl/N-ethyl adjacent to an activating group) is 1. The smallest absolute Gasteiger partial charge is 0.316 e. The van der Waals surface area contributed by atoms with Crippen LogP contribution in [-0.2, 0) is 44.6 Å². The van der Waals surface area contributed by atoms with Gasteiger partial charge in [-0.1, -0.05) is 64.6 Å². The Bertz CT molecular complexity index is 1630. The van der Waals surface area contributed by atoms with Crippen molar-refractivity contribution in [2.24, 2.45) is 28.7 Å². The molecule has 57 heavy (non-hydrogen) atoms. The van der Waals surface area contributed by atoms with Crippen molar-refractivity contribution in [1.29, 1.82) is 0 Å². The monoisotopic (exact) mass is 797 g/mol. The number of aliphatic hydroxyl groups is 2. The summed E-state index contributed by atoms with van der Waals surface area (Å²) in [5.41, 5.74) is 0.0701. The Balaban J connectivity index is 1.93. The fourth-order valence-electron chi connectivity index (χ4n) is 8.74. The van der Waals surface area contributed by atoms with Gasteiger partial charge in [0.05, 0.1) is 37.1 Å². The number of ether oxygens (including phenoxy) is 5. The molecule has 0 aromatic heterocycles. The molecule has 1 aromatic rings. The van der Waals surface area contributed by atoms with Crippen molar-refractivity contribution in [3.05, 3.63) is 53.7 Å². The van der Waals surface area contributed by atoms with E-state index in [1.54, 1.807) is 26.8 Å². The number of Topliss-reactive ketones (excluding diaryl/α,β-unsaturated/α-hetero) is 1. The summed E-state index contributed by atoms with van der Waals surface area (Å²) in [4.78, 5) is 47.6. The quantitative estimate of drug-likeness (QED) is 0.242. The summed E-state index contributed by atoms with van der Waals surface area (Å²) < 4.78 is 32.7. The number of benzene rings is 1. The molecule has 0 saturated carbocycles. The minimum Gasteiger partial charge on any atom is -0.459 e. The largest absolute Gasteiger partial charge is 0.459 e. The molecule has 318 valence electrons. The average molecular weight is 798 g/mol. The van der Waals surface area contributed by atoms with E-state index in [4.69, 9.17) is 23.7 Å². The molecule has 0 radical (unpaired) electrons. The lowest BCUT2D eigenvalue weighted by Crippen LogP contribution is -2.60. The van der Waals surface area contributed by atoms with Crippen LogP contribution in [0.4, 0.5) is 0 Å². The highest BCUT2D eigenvalue weighted by Gasteiger charge is 2.53. The number of nitrogens with one attached hydrogen (secondary N) is 1. The van der Waals surface area contributed by atoms with Crippen LogP contribution in [0.1, 0.15) is 92.7 Å². The first kappa shape index (κ1) is 46.4. The first-order valence-corrected chi connectivity index (χ1v) is 20.3. The van der Waals surface area contributed by atoms with E-state index in [0.29, 0.717) is 24.3 Å². The summed E-state index contributed by atoms with van der Waals surface area (Å²) in [6.07, 6.45) is -1.10. The lowest BCUT2D eigenvalue weighted by molar-refractivity contribution is -0.296. The van der Waals surface area contributed by atoms with Gasteiger partial charge >= 0.3 is 5.97 Å². The number of esters is 1. The average Bonchev–Trinajstić information content (AvgIpc) is 3.17. The SMILES string of the molecule is C=Cc1ccc(CN/C=C2/COC3C(C)C(=NC(C)=O)C(C)C[C@@](C)(OC2)C(O[C@@H]2O[C@H](C)C[C@H](N(C)C)C2O)[C@@H](C)C(=O)[C@@H](C)C(=O)O[C@H](CC)[C@@]3(C)O)cc1. The molecule has 3 saturated heterocycles. The Labute approximate surface area is 339 Å². The van der Waals surface area contributed by atoms with Crippen LogP contribution in [0, 0.1) is 23.7 Å². The fourth-order valence-corrected chi connectivity index (χ4v) is 8.74. The van der Waals surface area contributed by atoms with E-state index in [1.807, 2.05) is 77.2 Å². The molecule has 0 spiro atoms. The molecule has 2 bridgehead atoms. The fraction of sp³-hybridized carbons (Fsp3) is 0.682. The van der Waals surface area contributed by atoms with Crippen LogP contribution in [0.5, 0.6) is 0 Å². The molecule has 13 nitrogen and oxygen atoms in total. The zero-order chi connectivity index (χ0) is 42.4. The third-order valence-electron chi connectivity index (χ3n) is 12.0. The Kier molecular flexibility index (Phi) is 16.0. The van der Waals surface area contributed by atoms with Gasteiger partial charge in [-0.15, -0.1) is 0 Å². The van der Waals surface area contributed by atoms with Crippen LogP contribution in [0.15, 0.2) is 47.6 Å². The maximum Gasteiger partial charge on any atom is 0.316 e. The second-order valence-corrected chi connectivity index (χ2v) is 17.0. The van der Waals surface area contributed by atoms with Crippen LogP contribution in [0.2, 0.25) is 0 Å². The van der Waals surface area contributed by atoms with Gasteiger partial charge in [-0.3, -0.25) is 14.4 Å². The van der Waals surface area contributed by atoms with Crippen molar-refractivity contribution in [1.82, 2.24) is 10.2 Å². The Morgan fingerprint density at radius 2 is 1.75 bits per heavy atom. The van der Waals surface area contributed by atoms with Gasteiger partial charge in [0.2, 0.25) is 5.91 Å². The van der Waals surface area contributed by atoms with Crippen molar-refractivity contribution in [2.75, 3.05) is 27.3 Å². The maximum atomic E-state index is 14.5. The molecule has 3 fully saturated rings. The first-order chi connectivity index (χ1) is 26.7. The second kappa shape index (κ2) is 19.6. The molecule has 5 unspecified atom stereocenters. The summed E-state index contributed by atoms with van der Waals surface area (Å²) in [7, 11) is 3.76. The van der Waals surface area contributed by atoms with Crippen LogP contribution in [-0.4, -0.2) is 120 Å². The minimum atomic E-state index is -1.79. The van der Waals surface area contributed by atoms with E-state index in [9.17, 15) is 24.6 Å². The van der Waals surface area contributed by atoms with Gasteiger partial charge in [0.1, 0.15) is 23.7 Å². The van der Waals surface area contributed by atoms with E-state index in [2.05, 4.69) is 16.9 Å². The van der Waals surface area contributed by atoms with Gasteiger partial charge in [0.25, 0.3) is 0 Å². The number of nitrogens with zero attached hydrogens (tertiary/aromatic N) is 2. The number of carbonyl (C=O) groups is 3. The van der Waals surface area contributed by atoms with Crippen molar-refractivity contribution in [3.63, 3.8) is 0 Å². The van der Waals surface area contributed by atoms with E-state index in [-0.39, 0.29) is 38.2 Å². The first-order valence-electron chi connectivity index (χ1n) is 20.3. The second-order valence-electron chi connectivity index (χ2n) is 17.0. The Morgan fingerprint density at radius 1 is 1.09 bits per heavy atom. The van der Waals surface area contributed by atoms with Crippen molar-refractivity contribution in [2.45, 2.75) is 142 Å². The molecule has 1 amide bonds. The molecule has 13 heteroatoms. The summed E-state index contributed by atoms with van der Waals surface area (Å²) in [6.45, 7) is 19.7. The summed E-state index contributed by atoms with van der Waals surface area (Å²) in [6, 6.07) is 7.69. The third-order valence-corrected chi connectivity index (χ3v) is 12.0. The molecule has 1 aromatic carbocycles. The van der Waals surface area contributed by atoms with Crippen LogP contribution < -0.4 is 5.32 Å². The van der Waals surface area contributed by atoms with Crippen LogP contribution in [0.3, 0.4) is 0 Å². The van der Waals surface area contributed by atoms with Crippen molar-refractivity contribution < 1.29 is 48.3 Å². The number of cyclic esters (lactones) is 1. The predicted octanol–water partition coefficient (Wildman–Crippen LogP) is 4.87. The lowest BCUT2D eigenvalue weighted by Gasteiger charge is -2.47. The highest BCUT2D eigenvalue weighted by atomic mass is 16.7. The van der Waals surface area contributed by atoms with Gasteiger partial charge in [-0.05, 0) is 83.7 Å². The number of ketones is 1. The number of aliphatic hydroxyl groups excluding tert-OH is 1. The predicted molar refractivity (Wildman–Crippen MR) is 218 cm³/mol. The highest BCUT2D eigenvalue weighted by molar-refractivity contribution is 6.00. The van der Waals surface area contributed by atoms with Gasteiger partial charge in [-0.25, -0.2) is 4.99 Å². The molecular weight excluding hydrogens is 730 g/mol. The molecule has 3 aliphatic heterocycles. The summed E-state index contributed by atoms with van der Waals surface area (Å²) in [5.74, 6) is -5.04. The van der Waals surface area contributed by atoms with E-state index in [1.165, 1.54) is 13.8 Å². The topological polar surface area (TPSA) is 165 Å². The molecule has 0 aliphatic carbocycles. The van der Waals surface area contributed by atoms with E-state index < -0.39 is 83.2 Å². The standard InChI is InChI=1S/C44H67N3O10/c1-13-31-15-17-32(18-16-31)21-45-22-33-23-53-40-27(5)36(46-30(8)48)25(3)20-43(9,54-24-33)39(57-42-38(50)34(47(11)12)19-26(4)55-42)28(6)37(49)29(7)41(51)56-35(14-2)44(40,10)52/h13,15-18,22,25-29,34-35,38-40,42,45,50,52H,1,14,19-21,23-24H2,2-12H3/b33-22-,46-36?/t25?,26-,27?,28+,29-,34+,35-,38?,39?,40?,42+,43-,44-/m1/s1. The maximum absolute atomic E-state index is 14.5. The van der Waals surface area contributed by atoms with Gasteiger partial charge in [-0.2, -0.15) is 0 Å². The summed E-state index contributed by atoms with van der Waals surface area (Å²) >= 11 is 0. The molecule has 4 rings (SSSR count). The number of fused-ring (bicyclic) bond motifs is 5. The van der Waals surface area contributed by atoms with Crippen LogP contribution >= 0.6 is 0 Å². The molecular formula is C44H67N3O10. The number of rotatable bonds is 8. The third kappa shape index (κ3) is 11.1. The lowest BCUT2D eigenvalue weighted by atomic mass is 9.73. The molecule has 3 aliphatic rings.